The quantitative estimate of drug-likeness (QED) is 0.335. The second-order valence-corrected chi connectivity index (χ2v) is 5.36. The molecule has 0 bridgehead atoms. The maximum Gasteiger partial charge on any atom is 0.251 e. The van der Waals surface area contributed by atoms with E-state index < -0.39 is 0 Å². The van der Waals surface area contributed by atoms with Crippen LogP contribution in [0, 0.1) is 0 Å². The molecule has 0 atom stereocenters. The fourth-order valence-corrected chi connectivity index (χ4v) is 1.89. The lowest BCUT2D eigenvalue weighted by Gasteiger charge is -2.10. The van der Waals surface area contributed by atoms with Gasteiger partial charge in [-0.3, -0.25) is 4.79 Å². The number of anilines is 2. The molecule has 0 aliphatic heterocycles. The van der Waals surface area contributed by atoms with Gasteiger partial charge in [-0.25, -0.2) is 0 Å². The van der Waals surface area contributed by atoms with Crippen LogP contribution in [0.25, 0.3) is 0 Å². The Labute approximate surface area is 138 Å². The van der Waals surface area contributed by atoms with Crippen LogP contribution in [0.15, 0.2) is 41.7 Å². The number of nitrogens with two attached hydrogens (primary N) is 1. The van der Waals surface area contributed by atoms with Crippen LogP contribution in [0.4, 0.5) is 11.4 Å². The molecule has 0 radical (unpaired) electrons. The minimum atomic E-state index is -0.135. The van der Waals surface area contributed by atoms with Crippen molar-refractivity contribution < 1.29 is 9.90 Å². The number of allylic oxidation sites excluding steroid dienone is 3. The highest BCUT2D eigenvalue weighted by Crippen LogP contribution is 2.20. The van der Waals surface area contributed by atoms with Gasteiger partial charge in [0.25, 0.3) is 5.91 Å². The fraction of sp³-hybridized carbons (Fsp3) is 0.389. The lowest BCUT2D eigenvalue weighted by atomic mass is 10.1. The molecule has 5 N–H and O–H groups in total. The summed E-state index contributed by atoms with van der Waals surface area (Å²) in [5.41, 5.74) is 8.99. The van der Waals surface area contributed by atoms with E-state index in [1.807, 2.05) is 19.9 Å². The van der Waals surface area contributed by atoms with Gasteiger partial charge in [0.15, 0.2) is 0 Å². The number of nitrogens with one attached hydrogen (secondary N) is 2. The van der Waals surface area contributed by atoms with Crippen molar-refractivity contribution in [2.75, 3.05) is 24.1 Å². The summed E-state index contributed by atoms with van der Waals surface area (Å²) in [6.45, 7) is 7.11. The third kappa shape index (κ3) is 6.46. The van der Waals surface area contributed by atoms with Gasteiger partial charge in [-0.2, -0.15) is 0 Å². The Balaban J connectivity index is 2.57. The standard InChI is InChI=1S/C18H27N3O2/c1-4-13(3)6-8-15(22)10-11-21-17-9-7-14(12-16(17)19)18(23)20-5-2/h6-9,12,21-22H,4-5,10-11,19H2,1-3H3,(H,20,23)/b13-6-,15-8+. The van der Waals surface area contributed by atoms with E-state index in [0.29, 0.717) is 36.5 Å². The summed E-state index contributed by atoms with van der Waals surface area (Å²) < 4.78 is 0. The molecule has 1 rings (SSSR count). The zero-order chi connectivity index (χ0) is 17.2. The average molecular weight is 317 g/mol. The normalized spacial score (nSPS) is 12.1. The van der Waals surface area contributed by atoms with Crippen LogP contribution in [0.3, 0.4) is 0 Å². The van der Waals surface area contributed by atoms with Gasteiger partial charge in [0.05, 0.1) is 17.1 Å². The second-order valence-electron chi connectivity index (χ2n) is 5.36. The number of aliphatic hydroxyl groups is 1. The largest absolute Gasteiger partial charge is 0.512 e. The molecule has 0 unspecified atom stereocenters. The summed E-state index contributed by atoms with van der Waals surface area (Å²) in [6, 6.07) is 5.16. The third-order valence-corrected chi connectivity index (χ3v) is 3.47. The number of carbonyl (C=O) groups is 1. The molecule has 0 aromatic heterocycles. The summed E-state index contributed by atoms with van der Waals surface area (Å²) >= 11 is 0. The van der Waals surface area contributed by atoms with Crippen LogP contribution >= 0.6 is 0 Å². The third-order valence-electron chi connectivity index (χ3n) is 3.47. The Morgan fingerprint density at radius 2 is 2.04 bits per heavy atom. The average Bonchev–Trinajstić information content (AvgIpc) is 2.54. The van der Waals surface area contributed by atoms with Gasteiger partial charge in [-0.1, -0.05) is 18.6 Å². The molecule has 0 saturated heterocycles. The molecule has 5 heteroatoms. The topological polar surface area (TPSA) is 87.4 Å². The van der Waals surface area contributed by atoms with Gasteiger partial charge in [-0.05, 0) is 44.5 Å². The number of hydrogen-bond donors (Lipinski definition) is 4. The summed E-state index contributed by atoms with van der Waals surface area (Å²) in [4.78, 5) is 11.7. The van der Waals surface area contributed by atoms with Crippen LogP contribution in [-0.2, 0) is 0 Å². The van der Waals surface area contributed by atoms with Crippen molar-refractivity contribution in [1.29, 1.82) is 0 Å². The lowest BCUT2D eigenvalue weighted by molar-refractivity contribution is 0.0956. The van der Waals surface area contributed by atoms with Crippen molar-refractivity contribution in [3.05, 3.63) is 47.2 Å². The van der Waals surface area contributed by atoms with E-state index in [0.717, 1.165) is 12.1 Å². The SMILES string of the molecule is CCNC(=O)c1ccc(NCC/C(O)=C\C=C(\C)CC)c(N)c1. The number of aliphatic hydroxyl groups excluding tert-OH is 1. The molecule has 126 valence electrons. The highest BCUT2D eigenvalue weighted by molar-refractivity contribution is 5.96. The van der Waals surface area contributed by atoms with Gasteiger partial charge >= 0.3 is 0 Å². The van der Waals surface area contributed by atoms with E-state index in [-0.39, 0.29) is 5.91 Å². The molecule has 1 amide bonds. The zero-order valence-electron chi connectivity index (χ0n) is 14.1. The molecular weight excluding hydrogens is 290 g/mol. The summed E-state index contributed by atoms with van der Waals surface area (Å²) in [5.74, 6) is 0.187. The Morgan fingerprint density at radius 3 is 2.65 bits per heavy atom. The second kappa shape index (κ2) is 9.56. The van der Waals surface area contributed by atoms with E-state index in [1.54, 1.807) is 24.3 Å². The first-order chi connectivity index (χ1) is 11.0. The molecular formula is C18H27N3O2. The Morgan fingerprint density at radius 1 is 1.30 bits per heavy atom. The van der Waals surface area contributed by atoms with Crippen LogP contribution in [-0.4, -0.2) is 24.1 Å². The van der Waals surface area contributed by atoms with Crippen molar-refractivity contribution in [3.63, 3.8) is 0 Å². The monoisotopic (exact) mass is 317 g/mol. The van der Waals surface area contributed by atoms with E-state index in [2.05, 4.69) is 17.6 Å². The lowest BCUT2D eigenvalue weighted by Crippen LogP contribution is -2.22. The molecule has 23 heavy (non-hydrogen) atoms. The van der Waals surface area contributed by atoms with Gasteiger partial charge in [0, 0.05) is 25.1 Å². The molecule has 0 heterocycles. The molecule has 1 aromatic rings. The zero-order valence-corrected chi connectivity index (χ0v) is 14.1. The van der Waals surface area contributed by atoms with E-state index in [9.17, 15) is 9.90 Å². The van der Waals surface area contributed by atoms with Crippen molar-refractivity contribution in [2.24, 2.45) is 0 Å². The summed E-state index contributed by atoms with van der Waals surface area (Å²) in [6.07, 6.45) is 5.12. The van der Waals surface area contributed by atoms with Crippen molar-refractivity contribution in [1.82, 2.24) is 5.32 Å². The van der Waals surface area contributed by atoms with Crippen LogP contribution < -0.4 is 16.4 Å². The first-order valence-electron chi connectivity index (χ1n) is 7.94. The predicted molar refractivity (Wildman–Crippen MR) is 96.7 cm³/mol. The van der Waals surface area contributed by atoms with Crippen LogP contribution in [0.2, 0.25) is 0 Å². The van der Waals surface area contributed by atoms with Crippen molar-refractivity contribution in [2.45, 2.75) is 33.6 Å². The smallest absolute Gasteiger partial charge is 0.251 e. The van der Waals surface area contributed by atoms with Gasteiger partial charge in [0.1, 0.15) is 0 Å². The summed E-state index contributed by atoms with van der Waals surface area (Å²) in [7, 11) is 0. The minimum absolute atomic E-state index is 0.135. The van der Waals surface area contributed by atoms with Crippen LogP contribution in [0.5, 0.6) is 0 Å². The highest BCUT2D eigenvalue weighted by atomic mass is 16.3. The maximum atomic E-state index is 11.7. The number of carbonyl (C=O) groups excluding carboxylic acids is 1. The molecule has 0 aliphatic carbocycles. The fourth-order valence-electron chi connectivity index (χ4n) is 1.89. The molecule has 0 saturated carbocycles. The minimum Gasteiger partial charge on any atom is -0.512 e. The number of hydrogen-bond acceptors (Lipinski definition) is 4. The van der Waals surface area contributed by atoms with Gasteiger partial charge < -0.3 is 21.5 Å². The number of rotatable bonds is 8. The van der Waals surface area contributed by atoms with Crippen molar-refractivity contribution in [3.8, 4) is 0 Å². The molecule has 5 nitrogen and oxygen atoms in total. The Hall–Kier alpha value is -2.43. The van der Waals surface area contributed by atoms with Gasteiger partial charge in [0.2, 0.25) is 0 Å². The number of amides is 1. The van der Waals surface area contributed by atoms with E-state index in [1.165, 1.54) is 5.57 Å². The predicted octanol–water partition coefficient (Wildman–Crippen LogP) is 3.62. The molecule has 0 aliphatic rings. The molecule has 0 spiro atoms. The van der Waals surface area contributed by atoms with E-state index >= 15 is 0 Å². The molecule has 0 fully saturated rings. The van der Waals surface area contributed by atoms with E-state index in [4.69, 9.17) is 5.73 Å². The van der Waals surface area contributed by atoms with Crippen LogP contribution in [0.1, 0.15) is 44.0 Å². The Bertz CT molecular complexity index is 592. The first-order valence-corrected chi connectivity index (χ1v) is 7.94. The maximum absolute atomic E-state index is 11.7. The van der Waals surface area contributed by atoms with Gasteiger partial charge in [-0.15, -0.1) is 0 Å². The first kappa shape index (κ1) is 18.6. The molecule has 1 aromatic carbocycles. The number of benzene rings is 1. The summed E-state index contributed by atoms with van der Waals surface area (Å²) in [5, 5.41) is 15.7. The van der Waals surface area contributed by atoms with Crippen molar-refractivity contribution >= 4 is 17.3 Å². The Kier molecular flexibility index (Phi) is 7.74. The number of nitrogen functional groups attached to an aromatic ring is 1. The highest BCUT2D eigenvalue weighted by Gasteiger charge is 2.07.